The highest BCUT2D eigenvalue weighted by atomic mass is 32.2. The number of para-hydroxylation sites is 1. The van der Waals surface area contributed by atoms with Gasteiger partial charge < -0.3 is 0 Å². The molecule has 1 aliphatic rings. The maximum absolute atomic E-state index is 13.1. The highest BCUT2D eigenvalue weighted by Crippen LogP contribution is 2.37. The van der Waals surface area contributed by atoms with Gasteiger partial charge in [-0.15, -0.1) is 0 Å². The van der Waals surface area contributed by atoms with Gasteiger partial charge in [-0.2, -0.15) is 0 Å². The lowest BCUT2D eigenvalue weighted by atomic mass is 10.1. The Morgan fingerprint density at radius 1 is 1.00 bits per heavy atom. The topological polar surface area (TPSA) is 45.6 Å². The molecule has 3 aromatic rings. The largest absolute Gasteiger partial charge is 0.271 e. The average Bonchev–Trinajstić information content (AvgIpc) is 2.98. The van der Waals surface area contributed by atoms with Crippen LogP contribution in [-0.4, -0.2) is 16.1 Å². The minimum atomic E-state index is -0.0811. The normalized spacial score (nSPS) is 17.1. The first-order chi connectivity index (χ1) is 13.2. The first-order valence-electron chi connectivity index (χ1n) is 8.56. The summed E-state index contributed by atoms with van der Waals surface area (Å²) in [5.41, 5.74) is 2.94. The Balaban J connectivity index is 1.77. The van der Waals surface area contributed by atoms with E-state index in [1.807, 2.05) is 79.7 Å². The Bertz CT molecular complexity index is 1030. The number of rotatable bonds is 3. The zero-order chi connectivity index (χ0) is 18.6. The van der Waals surface area contributed by atoms with Gasteiger partial charge >= 0.3 is 0 Å². The monoisotopic (exact) mass is 371 g/mol. The summed E-state index contributed by atoms with van der Waals surface area (Å²) in [6.07, 6.45) is 3.61. The van der Waals surface area contributed by atoms with Crippen molar-refractivity contribution >= 4 is 40.4 Å². The van der Waals surface area contributed by atoms with Crippen molar-refractivity contribution in [1.82, 2.24) is 4.98 Å². The van der Waals surface area contributed by atoms with Crippen LogP contribution in [0.4, 0.5) is 11.5 Å². The maximum atomic E-state index is 13.1. The SMILES string of the molecule is Cc1cccc(/C=C2\S/C(=N/c3ccccn3)N(c3ccccc3)C2=O)c1. The minimum absolute atomic E-state index is 0.0811. The quantitative estimate of drug-likeness (QED) is 0.595. The molecular formula is C22H17N3OS. The fourth-order valence-corrected chi connectivity index (χ4v) is 3.77. The third-order valence-corrected chi connectivity index (χ3v) is 4.99. The number of amidine groups is 1. The van der Waals surface area contributed by atoms with Gasteiger partial charge in [-0.3, -0.25) is 9.69 Å². The second-order valence-corrected chi connectivity index (χ2v) is 7.09. The fourth-order valence-electron chi connectivity index (χ4n) is 2.78. The van der Waals surface area contributed by atoms with Crippen LogP contribution < -0.4 is 4.90 Å². The number of anilines is 1. The minimum Gasteiger partial charge on any atom is -0.268 e. The van der Waals surface area contributed by atoms with Gasteiger partial charge in [0, 0.05) is 6.20 Å². The molecule has 1 aromatic heterocycles. The number of nitrogens with zero attached hydrogens (tertiary/aromatic N) is 3. The molecule has 0 atom stereocenters. The van der Waals surface area contributed by atoms with Gasteiger partial charge in [-0.25, -0.2) is 9.98 Å². The number of aliphatic imine (C=N–C) groups is 1. The Morgan fingerprint density at radius 3 is 2.56 bits per heavy atom. The molecule has 1 amide bonds. The lowest BCUT2D eigenvalue weighted by molar-refractivity contribution is -0.113. The molecule has 1 aliphatic heterocycles. The molecule has 0 radical (unpaired) electrons. The standard InChI is InChI=1S/C22H17N3OS/c1-16-8-7-9-17(14-16)15-19-21(26)25(18-10-3-2-4-11-18)22(27-19)24-20-12-5-6-13-23-20/h2-15H,1H3/b19-15-,24-22+. The molecule has 0 saturated carbocycles. The number of aromatic nitrogens is 1. The number of carbonyl (C=O) groups is 1. The van der Waals surface area contributed by atoms with Crippen LogP contribution in [0, 0.1) is 6.92 Å². The van der Waals surface area contributed by atoms with E-state index in [1.165, 1.54) is 11.8 Å². The Labute approximate surface area is 162 Å². The molecule has 0 aliphatic carbocycles. The number of hydrogen-bond acceptors (Lipinski definition) is 4. The Kier molecular flexibility index (Phi) is 4.85. The van der Waals surface area contributed by atoms with Crippen LogP contribution in [0.1, 0.15) is 11.1 Å². The molecule has 0 bridgehead atoms. The highest BCUT2D eigenvalue weighted by Gasteiger charge is 2.34. The van der Waals surface area contributed by atoms with Gasteiger partial charge in [-0.1, -0.05) is 54.1 Å². The van der Waals surface area contributed by atoms with E-state index < -0.39 is 0 Å². The van der Waals surface area contributed by atoms with Crippen molar-refractivity contribution in [1.29, 1.82) is 0 Å². The van der Waals surface area contributed by atoms with E-state index in [-0.39, 0.29) is 5.91 Å². The maximum Gasteiger partial charge on any atom is 0.271 e. The van der Waals surface area contributed by atoms with Crippen molar-refractivity contribution in [2.75, 3.05) is 4.90 Å². The summed E-state index contributed by atoms with van der Waals surface area (Å²) in [6, 6.07) is 23.2. The van der Waals surface area contributed by atoms with Crippen LogP contribution in [0.2, 0.25) is 0 Å². The van der Waals surface area contributed by atoms with Crippen molar-refractivity contribution < 1.29 is 4.79 Å². The van der Waals surface area contributed by atoms with Crippen molar-refractivity contribution in [2.45, 2.75) is 6.92 Å². The Morgan fingerprint density at radius 2 is 1.81 bits per heavy atom. The highest BCUT2D eigenvalue weighted by molar-refractivity contribution is 8.19. The van der Waals surface area contributed by atoms with Gasteiger partial charge in [0.2, 0.25) is 0 Å². The van der Waals surface area contributed by atoms with Crippen molar-refractivity contribution in [3.8, 4) is 0 Å². The molecule has 4 rings (SSSR count). The molecule has 0 N–H and O–H groups in total. The average molecular weight is 371 g/mol. The predicted molar refractivity (Wildman–Crippen MR) is 112 cm³/mol. The van der Waals surface area contributed by atoms with Crippen molar-refractivity contribution in [2.24, 2.45) is 4.99 Å². The molecule has 27 heavy (non-hydrogen) atoms. The van der Waals surface area contributed by atoms with Crippen LogP contribution in [0.5, 0.6) is 0 Å². The van der Waals surface area contributed by atoms with E-state index >= 15 is 0 Å². The molecular weight excluding hydrogens is 354 g/mol. The van der Waals surface area contributed by atoms with Gasteiger partial charge in [0.05, 0.1) is 10.6 Å². The van der Waals surface area contributed by atoms with E-state index in [4.69, 9.17) is 0 Å². The van der Waals surface area contributed by atoms with Crippen molar-refractivity contribution in [3.63, 3.8) is 0 Å². The van der Waals surface area contributed by atoms with E-state index in [9.17, 15) is 4.79 Å². The van der Waals surface area contributed by atoms with E-state index in [0.717, 1.165) is 16.8 Å². The summed E-state index contributed by atoms with van der Waals surface area (Å²) in [5, 5.41) is 0.601. The summed E-state index contributed by atoms with van der Waals surface area (Å²) >= 11 is 1.36. The van der Waals surface area contributed by atoms with Gasteiger partial charge in [0.15, 0.2) is 11.0 Å². The number of amides is 1. The molecule has 0 unspecified atom stereocenters. The van der Waals surface area contributed by atoms with E-state index in [0.29, 0.717) is 15.9 Å². The smallest absolute Gasteiger partial charge is 0.268 e. The van der Waals surface area contributed by atoms with Gasteiger partial charge in [0.1, 0.15) is 0 Å². The van der Waals surface area contributed by atoms with Crippen LogP contribution in [0.25, 0.3) is 6.08 Å². The van der Waals surface area contributed by atoms with E-state index in [2.05, 4.69) is 16.0 Å². The number of thioether (sulfide) groups is 1. The number of hydrogen-bond donors (Lipinski definition) is 0. The Hall–Kier alpha value is -3.18. The zero-order valence-electron chi connectivity index (χ0n) is 14.7. The summed E-state index contributed by atoms with van der Waals surface area (Å²) in [7, 11) is 0. The summed E-state index contributed by atoms with van der Waals surface area (Å²) in [6.45, 7) is 2.04. The molecule has 4 nitrogen and oxygen atoms in total. The third-order valence-electron chi connectivity index (χ3n) is 4.02. The number of aryl methyl sites for hydroxylation is 1. The van der Waals surface area contributed by atoms with Crippen LogP contribution >= 0.6 is 11.8 Å². The first-order valence-corrected chi connectivity index (χ1v) is 9.38. The lowest BCUT2D eigenvalue weighted by Gasteiger charge is -2.15. The van der Waals surface area contributed by atoms with Gasteiger partial charge in [0.25, 0.3) is 5.91 Å². The third kappa shape index (κ3) is 3.83. The summed E-state index contributed by atoms with van der Waals surface area (Å²) < 4.78 is 0. The summed E-state index contributed by atoms with van der Waals surface area (Å²) in [4.78, 5) is 24.3. The molecule has 5 heteroatoms. The molecule has 0 spiro atoms. The van der Waals surface area contributed by atoms with Crippen LogP contribution in [0.3, 0.4) is 0 Å². The lowest BCUT2D eigenvalue weighted by Crippen LogP contribution is -2.28. The van der Waals surface area contributed by atoms with Crippen LogP contribution in [-0.2, 0) is 4.79 Å². The molecule has 2 heterocycles. The molecule has 132 valence electrons. The van der Waals surface area contributed by atoms with Gasteiger partial charge in [-0.05, 0) is 54.6 Å². The molecule has 2 aromatic carbocycles. The predicted octanol–water partition coefficient (Wildman–Crippen LogP) is 5.20. The number of benzene rings is 2. The summed E-state index contributed by atoms with van der Waals surface area (Å²) in [5.74, 6) is 0.493. The molecule has 1 saturated heterocycles. The van der Waals surface area contributed by atoms with Crippen molar-refractivity contribution in [3.05, 3.63) is 95.0 Å². The first kappa shape index (κ1) is 17.2. The molecule has 1 fully saturated rings. The second-order valence-electron chi connectivity index (χ2n) is 6.08. The van der Waals surface area contributed by atoms with Crippen LogP contribution in [0.15, 0.2) is 88.9 Å². The second kappa shape index (κ2) is 7.60. The fraction of sp³-hybridized carbons (Fsp3) is 0.0455. The zero-order valence-corrected chi connectivity index (χ0v) is 15.6. The van der Waals surface area contributed by atoms with E-state index in [1.54, 1.807) is 11.1 Å². The number of carbonyl (C=O) groups excluding carboxylic acids is 1. The number of pyridine rings is 1.